The van der Waals surface area contributed by atoms with Crippen LogP contribution in [0.15, 0.2) is 24.3 Å². The third-order valence-electron chi connectivity index (χ3n) is 4.02. The Labute approximate surface area is 120 Å². The molecule has 1 aromatic carbocycles. The Kier molecular flexibility index (Phi) is 4.33. The first kappa shape index (κ1) is 13.6. The molecule has 1 atom stereocenters. The molecule has 1 aromatic heterocycles. The smallest absolute Gasteiger partial charge is 0.123 e. The van der Waals surface area contributed by atoms with Gasteiger partial charge in [0.25, 0.3) is 0 Å². The van der Waals surface area contributed by atoms with Crippen LogP contribution in [-0.4, -0.2) is 29.3 Å². The lowest BCUT2D eigenvalue weighted by Gasteiger charge is -2.22. The molecule has 2 aromatic rings. The fraction of sp³-hybridized carbons (Fsp3) is 0.562. The third-order valence-corrected chi connectivity index (χ3v) is 4.02. The van der Waals surface area contributed by atoms with E-state index < -0.39 is 0 Å². The van der Waals surface area contributed by atoms with Gasteiger partial charge in [0.1, 0.15) is 5.82 Å². The summed E-state index contributed by atoms with van der Waals surface area (Å²) in [5.74, 6) is 1.79. The normalized spacial score (nSPS) is 19.6. The van der Waals surface area contributed by atoms with Gasteiger partial charge in [0.15, 0.2) is 0 Å². The average Bonchev–Trinajstić information content (AvgIpc) is 2.86. The number of aromatic nitrogens is 2. The summed E-state index contributed by atoms with van der Waals surface area (Å²) in [6, 6.07) is 8.35. The van der Waals surface area contributed by atoms with Crippen molar-refractivity contribution in [1.82, 2.24) is 14.9 Å². The standard InChI is InChI=1S/C16H23N3O/c1-2-19-15-8-4-3-7-14(15)18-16(19)11-17-10-13-6-5-9-20-12-13/h3-4,7-8,13,17H,2,5-6,9-12H2,1H3. The molecule has 1 aliphatic rings. The molecule has 3 rings (SSSR count). The van der Waals surface area contributed by atoms with E-state index in [1.54, 1.807) is 0 Å². The second-order valence-electron chi connectivity index (χ2n) is 5.48. The molecular formula is C16H23N3O. The number of nitrogens with zero attached hydrogens (tertiary/aromatic N) is 2. The summed E-state index contributed by atoms with van der Waals surface area (Å²) in [7, 11) is 0. The summed E-state index contributed by atoms with van der Waals surface area (Å²) in [5.41, 5.74) is 2.32. The first-order chi connectivity index (χ1) is 9.88. The average molecular weight is 273 g/mol. The van der Waals surface area contributed by atoms with Crippen LogP contribution in [0.1, 0.15) is 25.6 Å². The van der Waals surface area contributed by atoms with Crippen molar-refractivity contribution in [2.45, 2.75) is 32.9 Å². The van der Waals surface area contributed by atoms with Gasteiger partial charge in [-0.05, 0) is 37.8 Å². The molecule has 0 aliphatic carbocycles. The fourth-order valence-corrected chi connectivity index (χ4v) is 2.97. The van der Waals surface area contributed by atoms with Gasteiger partial charge >= 0.3 is 0 Å². The fourth-order valence-electron chi connectivity index (χ4n) is 2.97. The summed E-state index contributed by atoms with van der Waals surface area (Å²) in [5, 5.41) is 3.54. The molecule has 108 valence electrons. The van der Waals surface area contributed by atoms with Crippen molar-refractivity contribution in [1.29, 1.82) is 0 Å². The highest BCUT2D eigenvalue weighted by molar-refractivity contribution is 5.75. The predicted octanol–water partition coefficient (Wildman–Crippen LogP) is 2.57. The van der Waals surface area contributed by atoms with Gasteiger partial charge in [-0.15, -0.1) is 0 Å². The SMILES string of the molecule is CCn1c(CNCC2CCCOC2)nc2ccccc21. The number of hydrogen-bond donors (Lipinski definition) is 1. The van der Waals surface area contributed by atoms with Crippen LogP contribution in [0.5, 0.6) is 0 Å². The van der Waals surface area contributed by atoms with Gasteiger partial charge < -0.3 is 14.6 Å². The van der Waals surface area contributed by atoms with E-state index in [1.807, 2.05) is 6.07 Å². The molecule has 1 aliphatic heterocycles. The lowest BCUT2D eigenvalue weighted by molar-refractivity contribution is 0.0546. The minimum Gasteiger partial charge on any atom is -0.381 e. The zero-order chi connectivity index (χ0) is 13.8. The lowest BCUT2D eigenvalue weighted by Crippen LogP contribution is -2.29. The molecule has 0 spiro atoms. The van der Waals surface area contributed by atoms with E-state index in [9.17, 15) is 0 Å². The van der Waals surface area contributed by atoms with Crippen LogP contribution in [0.2, 0.25) is 0 Å². The number of benzene rings is 1. The minimum atomic E-state index is 0.656. The molecule has 4 nitrogen and oxygen atoms in total. The van der Waals surface area contributed by atoms with Crippen LogP contribution >= 0.6 is 0 Å². The van der Waals surface area contributed by atoms with E-state index >= 15 is 0 Å². The Balaban J connectivity index is 1.64. The predicted molar refractivity (Wildman–Crippen MR) is 80.7 cm³/mol. The number of hydrogen-bond acceptors (Lipinski definition) is 3. The third kappa shape index (κ3) is 2.86. The molecule has 1 unspecified atom stereocenters. The van der Waals surface area contributed by atoms with Crippen LogP contribution in [0, 0.1) is 5.92 Å². The Morgan fingerprint density at radius 3 is 3.10 bits per heavy atom. The zero-order valence-electron chi connectivity index (χ0n) is 12.1. The number of nitrogens with one attached hydrogen (secondary N) is 1. The molecule has 1 saturated heterocycles. The summed E-state index contributed by atoms with van der Waals surface area (Å²) in [6.07, 6.45) is 2.47. The second-order valence-corrected chi connectivity index (χ2v) is 5.48. The van der Waals surface area contributed by atoms with Crippen molar-refractivity contribution >= 4 is 11.0 Å². The molecule has 2 heterocycles. The number of aryl methyl sites for hydroxylation is 1. The van der Waals surface area contributed by atoms with Crippen LogP contribution in [0.25, 0.3) is 11.0 Å². The van der Waals surface area contributed by atoms with Crippen molar-refractivity contribution < 1.29 is 4.74 Å². The van der Waals surface area contributed by atoms with Gasteiger partial charge in [0.2, 0.25) is 0 Å². The van der Waals surface area contributed by atoms with Gasteiger partial charge in [0.05, 0.1) is 24.2 Å². The lowest BCUT2D eigenvalue weighted by atomic mass is 10.0. The molecule has 0 bridgehead atoms. The summed E-state index contributed by atoms with van der Waals surface area (Å²) < 4.78 is 7.81. The first-order valence-electron chi connectivity index (χ1n) is 7.61. The molecule has 1 N–H and O–H groups in total. The highest BCUT2D eigenvalue weighted by atomic mass is 16.5. The molecule has 0 saturated carbocycles. The number of fused-ring (bicyclic) bond motifs is 1. The number of imidazole rings is 1. The Morgan fingerprint density at radius 2 is 2.30 bits per heavy atom. The van der Waals surface area contributed by atoms with Crippen molar-refractivity contribution in [3.63, 3.8) is 0 Å². The quantitative estimate of drug-likeness (QED) is 0.910. The Bertz CT molecular complexity index is 558. The van der Waals surface area contributed by atoms with Gasteiger partial charge in [-0.1, -0.05) is 12.1 Å². The van der Waals surface area contributed by atoms with Crippen LogP contribution < -0.4 is 5.32 Å². The van der Waals surface area contributed by atoms with Gasteiger partial charge in [-0.3, -0.25) is 0 Å². The summed E-state index contributed by atoms with van der Waals surface area (Å²) in [4.78, 5) is 4.74. The van der Waals surface area contributed by atoms with Crippen molar-refractivity contribution in [3.8, 4) is 0 Å². The van der Waals surface area contributed by atoms with Crippen LogP contribution in [-0.2, 0) is 17.8 Å². The van der Waals surface area contributed by atoms with Gasteiger partial charge in [-0.2, -0.15) is 0 Å². The van der Waals surface area contributed by atoms with E-state index in [4.69, 9.17) is 9.72 Å². The monoisotopic (exact) mass is 273 g/mol. The number of para-hydroxylation sites is 2. The molecule has 0 radical (unpaired) electrons. The molecule has 4 heteroatoms. The highest BCUT2D eigenvalue weighted by Crippen LogP contribution is 2.16. The molecule has 1 fully saturated rings. The highest BCUT2D eigenvalue weighted by Gasteiger charge is 2.14. The summed E-state index contributed by atoms with van der Waals surface area (Å²) in [6.45, 7) is 6.82. The largest absolute Gasteiger partial charge is 0.381 e. The number of ether oxygens (including phenoxy) is 1. The van der Waals surface area contributed by atoms with E-state index in [0.29, 0.717) is 5.92 Å². The maximum Gasteiger partial charge on any atom is 0.123 e. The van der Waals surface area contributed by atoms with E-state index in [0.717, 1.165) is 44.2 Å². The minimum absolute atomic E-state index is 0.656. The first-order valence-corrected chi connectivity index (χ1v) is 7.61. The van der Waals surface area contributed by atoms with Crippen molar-refractivity contribution in [3.05, 3.63) is 30.1 Å². The maximum atomic E-state index is 5.52. The number of rotatable bonds is 5. The Morgan fingerprint density at radius 1 is 1.40 bits per heavy atom. The van der Waals surface area contributed by atoms with E-state index in [-0.39, 0.29) is 0 Å². The maximum absolute atomic E-state index is 5.52. The summed E-state index contributed by atoms with van der Waals surface area (Å²) >= 11 is 0. The Hall–Kier alpha value is -1.39. The van der Waals surface area contributed by atoms with Crippen molar-refractivity contribution in [2.75, 3.05) is 19.8 Å². The van der Waals surface area contributed by atoms with E-state index in [1.165, 1.54) is 18.4 Å². The second kappa shape index (κ2) is 6.37. The van der Waals surface area contributed by atoms with Crippen LogP contribution in [0.4, 0.5) is 0 Å². The van der Waals surface area contributed by atoms with Gasteiger partial charge in [0, 0.05) is 19.7 Å². The molecule has 0 amide bonds. The molecule has 20 heavy (non-hydrogen) atoms. The van der Waals surface area contributed by atoms with Crippen LogP contribution in [0.3, 0.4) is 0 Å². The molecular weight excluding hydrogens is 250 g/mol. The van der Waals surface area contributed by atoms with Crippen molar-refractivity contribution in [2.24, 2.45) is 5.92 Å². The topological polar surface area (TPSA) is 39.1 Å². The van der Waals surface area contributed by atoms with Gasteiger partial charge in [-0.25, -0.2) is 4.98 Å². The van der Waals surface area contributed by atoms with E-state index in [2.05, 4.69) is 35.0 Å². The zero-order valence-corrected chi connectivity index (χ0v) is 12.1.